The van der Waals surface area contributed by atoms with Crippen molar-refractivity contribution in [3.8, 4) is 0 Å². The number of aromatic nitrogens is 3. The third-order valence-electron chi connectivity index (χ3n) is 2.88. The number of rotatable bonds is 2. The molecule has 0 atom stereocenters. The van der Waals surface area contributed by atoms with Crippen molar-refractivity contribution < 1.29 is 8.78 Å². The molecule has 2 aromatic heterocycles. The maximum absolute atomic E-state index is 14.0. The molecule has 8 heteroatoms. The number of nitrogen functional groups attached to an aromatic ring is 1. The molecule has 0 saturated heterocycles. The number of anilines is 3. The zero-order valence-corrected chi connectivity index (χ0v) is 10.5. The molecule has 0 radical (unpaired) electrons. The van der Waals surface area contributed by atoms with Gasteiger partial charge in [-0.25, -0.2) is 18.6 Å². The SMILES string of the molecule is [C-]#[N+]c1cccc(Nc2nc3n[nH]c(N)c3cc2F)c1F. The molecule has 0 bridgehead atoms. The van der Waals surface area contributed by atoms with Crippen LogP contribution in [0.5, 0.6) is 0 Å². The summed E-state index contributed by atoms with van der Waals surface area (Å²) in [5.74, 6) is -1.47. The van der Waals surface area contributed by atoms with Crippen molar-refractivity contribution in [3.63, 3.8) is 0 Å². The van der Waals surface area contributed by atoms with E-state index in [2.05, 4.69) is 25.3 Å². The number of hydrogen-bond acceptors (Lipinski definition) is 4. The fourth-order valence-electron chi connectivity index (χ4n) is 1.85. The lowest BCUT2D eigenvalue weighted by molar-refractivity contribution is 0.625. The predicted octanol–water partition coefficient (Wildman–Crippen LogP) is 3.11. The van der Waals surface area contributed by atoms with Gasteiger partial charge in [-0.1, -0.05) is 12.1 Å². The molecule has 0 aliphatic carbocycles. The molecule has 0 spiro atoms. The first-order valence-electron chi connectivity index (χ1n) is 5.83. The minimum atomic E-state index is -0.768. The quantitative estimate of drug-likeness (QED) is 0.632. The van der Waals surface area contributed by atoms with Crippen LogP contribution in [0.15, 0.2) is 24.3 Å². The van der Waals surface area contributed by atoms with Gasteiger partial charge in [0.1, 0.15) is 5.82 Å². The number of halogens is 2. The molecule has 3 aromatic rings. The molecule has 104 valence electrons. The topological polar surface area (TPSA) is 84.0 Å². The van der Waals surface area contributed by atoms with E-state index < -0.39 is 11.6 Å². The van der Waals surface area contributed by atoms with E-state index in [-0.39, 0.29) is 28.7 Å². The Hall–Kier alpha value is -3.21. The Kier molecular flexibility index (Phi) is 2.88. The van der Waals surface area contributed by atoms with E-state index in [4.69, 9.17) is 12.3 Å². The molecule has 2 heterocycles. The highest BCUT2D eigenvalue weighted by Crippen LogP contribution is 2.29. The van der Waals surface area contributed by atoms with Gasteiger partial charge in [0.15, 0.2) is 23.1 Å². The first kappa shape index (κ1) is 12.8. The van der Waals surface area contributed by atoms with Crippen LogP contribution < -0.4 is 11.1 Å². The summed E-state index contributed by atoms with van der Waals surface area (Å²) >= 11 is 0. The molecule has 3 rings (SSSR count). The summed E-state index contributed by atoms with van der Waals surface area (Å²) in [6, 6.07) is 5.35. The lowest BCUT2D eigenvalue weighted by Crippen LogP contribution is -1.99. The van der Waals surface area contributed by atoms with E-state index in [0.717, 1.165) is 6.07 Å². The van der Waals surface area contributed by atoms with Gasteiger partial charge >= 0.3 is 0 Å². The molecule has 6 nitrogen and oxygen atoms in total. The molecular formula is C13H8F2N6. The van der Waals surface area contributed by atoms with Crippen LogP contribution in [-0.4, -0.2) is 15.2 Å². The minimum absolute atomic E-state index is 0.0437. The van der Waals surface area contributed by atoms with E-state index >= 15 is 0 Å². The first-order chi connectivity index (χ1) is 10.1. The number of H-pyrrole nitrogens is 1. The maximum Gasteiger partial charge on any atom is 0.224 e. The number of benzene rings is 1. The second-order valence-electron chi connectivity index (χ2n) is 4.20. The van der Waals surface area contributed by atoms with E-state index in [1.807, 2.05) is 0 Å². The zero-order chi connectivity index (χ0) is 15.0. The Labute approximate surface area is 117 Å². The number of aromatic amines is 1. The van der Waals surface area contributed by atoms with Crippen LogP contribution in [0.4, 0.5) is 31.8 Å². The summed E-state index contributed by atoms with van der Waals surface area (Å²) in [6.45, 7) is 6.85. The zero-order valence-electron chi connectivity index (χ0n) is 10.5. The van der Waals surface area contributed by atoms with Crippen LogP contribution in [0.2, 0.25) is 0 Å². The summed E-state index contributed by atoms with van der Waals surface area (Å²) in [6.07, 6.45) is 0. The molecular weight excluding hydrogens is 278 g/mol. The van der Waals surface area contributed by atoms with Gasteiger partial charge in [-0.3, -0.25) is 5.10 Å². The number of fused-ring (bicyclic) bond motifs is 1. The average molecular weight is 286 g/mol. The molecule has 0 saturated carbocycles. The Morgan fingerprint density at radius 3 is 2.90 bits per heavy atom. The summed E-state index contributed by atoms with van der Waals surface area (Å²) in [5, 5.41) is 9.15. The second kappa shape index (κ2) is 4.72. The molecule has 4 N–H and O–H groups in total. The third kappa shape index (κ3) is 2.10. The van der Waals surface area contributed by atoms with Crippen molar-refractivity contribution >= 4 is 34.0 Å². The summed E-state index contributed by atoms with van der Waals surface area (Å²) in [7, 11) is 0. The summed E-state index contributed by atoms with van der Waals surface area (Å²) in [4.78, 5) is 6.97. The highest BCUT2D eigenvalue weighted by Gasteiger charge is 2.14. The monoisotopic (exact) mass is 286 g/mol. The van der Waals surface area contributed by atoms with E-state index in [1.165, 1.54) is 18.2 Å². The smallest absolute Gasteiger partial charge is 0.224 e. The van der Waals surface area contributed by atoms with Gasteiger partial charge < -0.3 is 11.1 Å². The van der Waals surface area contributed by atoms with Crippen molar-refractivity contribution in [2.45, 2.75) is 0 Å². The number of nitrogens with two attached hydrogens (primary N) is 1. The van der Waals surface area contributed by atoms with Crippen molar-refractivity contribution in [2.24, 2.45) is 0 Å². The van der Waals surface area contributed by atoms with E-state index in [0.29, 0.717) is 5.39 Å². The van der Waals surface area contributed by atoms with Crippen molar-refractivity contribution in [2.75, 3.05) is 11.1 Å². The average Bonchev–Trinajstić information content (AvgIpc) is 2.82. The first-order valence-corrected chi connectivity index (χ1v) is 5.83. The fourth-order valence-corrected chi connectivity index (χ4v) is 1.85. The van der Waals surface area contributed by atoms with E-state index in [1.54, 1.807) is 0 Å². The highest BCUT2D eigenvalue weighted by atomic mass is 19.1. The van der Waals surface area contributed by atoms with E-state index in [9.17, 15) is 8.78 Å². The van der Waals surface area contributed by atoms with Crippen LogP contribution in [0.1, 0.15) is 0 Å². The molecule has 0 amide bonds. The van der Waals surface area contributed by atoms with Gasteiger partial charge in [0, 0.05) is 0 Å². The van der Waals surface area contributed by atoms with Crippen molar-refractivity contribution in [3.05, 3.63) is 47.3 Å². The van der Waals surface area contributed by atoms with Crippen molar-refractivity contribution in [1.82, 2.24) is 15.2 Å². The fraction of sp³-hybridized carbons (Fsp3) is 0. The largest absolute Gasteiger partial charge is 0.384 e. The van der Waals surface area contributed by atoms with Crippen LogP contribution in [-0.2, 0) is 0 Å². The normalized spacial score (nSPS) is 10.5. The van der Waals surface area contributed by atoms with Crippen LogP contribution in [0, 0.1) is 18.2 Å². The summed E-state index contributed by atoms with van der Waals surface area (Å²) in [5.41, 5.74) is 5.57. The molecule has 0 fully saturated rings. The molecule has 1 aromatic carbocycles. The standard InChI is InChI=1S/C13H8F2N6/c1-17-8-3-2-4-9(10(8)15)18-13-7(14)5-6-11(16)20-21-12(6)19-13/h2-5H,(H4,16,18,19,20,21). The number of nitrogens with zero attached hydrogens (tertiary/aromatic N) is 3. The highest BCUT2D eigenvalue weighted by molar-refractivity contribution is 5.87. The Balaban J connectivity index is 2.06. The van der Waals surface area contributed by atoms with Gasteiger partial charge in [-0.2, -0.15) is 5.10 Å². The van der Waals surface area contributed by atoms with Gasteiger partial charge in [0.25, 0.3) is 0 Å². The Morgan fingerprint density at radius 2 is 2.14 bits per heavy atom. The minimum Gasteiger partial charge on any atom is -0.384 e. The maximum atomic E-state index is 14.0. The lowest BCUT2D eigenvalue weighted by Gasteiger charge is -2.08. The van der Waals surface area contributed by atoms with Gasteiger partial charge in [0.2, 0.25) is 5.69 Å². The molecule has 0 unspecified atom stereocenters. The van der Waals surface area contributed by atoms with Crippen LogP contribution in [0.25, 0.3) is 15.9 Å². The van der Waals surface area contributed by atoms with Gasteiger partial charge in [-0.05, 0) is 12.1 Å². The number of hydrogen-bond donors (Lipinski definition) is 3. The summed E-state index contributed by atoms with van der Waals surface area (Å²) < 4.78 is 27.9. The molecule has 0 aliphatic heterocycles. The molecule has 21 heavy (non-hydrogen) atoms. The number of pyridine rings is 1. The van der Waals surface area contributed by atoms with Gasteiger partial charge in [-0.15, -0.1) is 0 Å². The number of nitrogens with one attached hydrogen (secondary N) is 2. The van der Waals surface area contributed by atoms with Crippen molar-refractivity contribution in [1.29, 1.82) is 0 Å². The lowest BCUT2D eigenvalue weighted by atomic mass is 10.2. The second-order valence-corrected chi connectivity index (χ2v) is 4.20. The van der Waals surface area contributed by atoms with Crippen LogP contribution >= 0.6 is 0 Å². The Morgan fingerprint density at radius 1 is 1.33 bits per heavy atom. The predicted molar refractivity (Wildman–Crippen MR) is 74.2 cm³/mol. The Bertz CT molecular complexity index is 880. The van der Waals surface area contributed by atoms with Crippen LogP contribution in [0.3, 0.4) is 0 Å². The van der Waals surface area contributed by atoms with Gasteiger partial charge in [0.05, 0.1) is 17.6 Å². The third-order valence-corrected chi connectivity index (χ3v) is 2.88. The molecule has 0 aliphatic rings.